The molecule has 0 saturated heterocycles. The number of rotatable bonds is 8. The van der Waals surface area contributed by atoms with E-state index in [0.29, 0.717) is 0 Å². The Bertz CT molecular complexity index is 150. The summed E-state index contributed by atoms with van der Waals surface area (Å²) in [5, 5.41) is 8.42. The minimum absolute atomic E-state index is 0.365. The van der Waals surface area contributed by atoms with Crippen LogP contribution in [-0.2, 0) is 9.53 Å². The van der Waals surface area contributed by atoms with Crippen molar-refractivity contribution in [1.29, 1.82) is 0 Å². The number of aliphatic hydroxyl groups is 1. The van der Waals surface area contributed by atoms with Crippen molar-refractivity contribution in [2.45, 2.75) is 50.9 Å². The fourth-order valence-corrected chi connectivity index (χ4v) is 1.47. The average molecular weight is 220 g/mol. The summed E-state index contributed by atoms with van der Waals surface area (Å²) in [5.41, 5.74) is -0.365. The Morgan fingerprint density at radius 2 is 2.00 bits per heavy atom. The highest BCUT2D eigenvalue weighted by Gasteiger charge is 2.07. The summed E-state index contributed by atoms with van der Waals surface area (Å²) in [4.78, 5) is 10.6. The van der Waals surface area contributed by atoms with Gasteiger partial charge >= 0.3 is 5.97 Å². The van der Waals surface area contributed by atoms with E-state index in [1.54, 1.807) is 0 Å². The third-order valence-corrected chi connectivity index (χ3v) is 2.31. The van der Waals surface area contributed by atoms with Gasteiger partial charge in [0.25, 0.3) is 0 Å². The van der Waals surface area contributed by atoms with Gasteiger partial charge in [-0.2, -0.15) is 0 Å². The van der Waals surface area contributed by atoms with E-state index in [1.807, 2.05) is 0 Å². The van der Waals surface area contributed by atoms with Crippen LogP contribution < -0.4 is 0 Å². The second-order valence-corrected chi connectivity index (χ2v) is 3.88. The van der Waals surface area contributed by atoms with Crippen LogP contribution in [0.2, 0.25) is 0 Å². The Labute approximate surface area is 91.2 Å². The van der Waals surface area contributed by atoms with Gasteiger partial charge in [0.05, 0.1) is 0 Å². The number of ether oxygens (including phenoxy) is 1. The van der Waals surface area contributed by atoms with Crippen LogP contribution in [0.15, 0.2) is 0 Å². The minimum Gasteiger partial charge on any atom is -0.450 e. The molecule has 0 aromatic rings. The average Bonchev–Trinajstić information content (AvgIpc) is 2.17. The van der Waals surface area contributed by atoms with Crippen LogP contribution >= 0.6 is 12.6 Å². The second kappa shape index (κ2) is 9.34. The van der Waals surface area contributed by atoms with Crippen LogP contribution in [-0.4, -0.2) is 23.1 Å². The summed E-state index contributed by atoms with van der Waals surface area (Å²) in [6, 6.07) is 0. The molecule has 0 bridgehead atoms. The fourth-order valence-electron chi connectivity index (χ4n) is 1.17. The first kappa shape index (κ1) is 13.8. The molecule has 0 aromatic carbocycles. The molecular weight excluding hydrogens is 200 g/mol. The number of carbonyl (C=O) groups is 1. The van der Waals surface area contributed by atoms with E-state index in [2.05, 4.69) is 19.6 Å². The number of aliphatic hydroxyl groups excluding tert-OH is 1. The van der Waals surface area contributed by atoms with E-state index >= 15 is 0 Å². The maximum Gasteiger partial charge on any atom is 0.332 e. The van der Waals surface area contributed by atoms with Crippen LogP contribution in [0.4, 0.5) is 0 Å². The van der Waals surface area contributed by atoms with Crippen molar-refractivity contribution in [3.8, 4) is 0 Å². The first-order valence-electron chi connectivity index (χ1n) is 5.19. The van der Waals surface area contributed by atoms with Crippen molar-refractivity contribution in [2.24, 2.45) is 0 Å². The highest BCUT2D eigenvalue weighted by molar-refractivity contribution is 7.80. The summed E-state index contributed by atoms with van der Waals surface area (Å²) in [7, 11) is 0. The van der Waals surface area contributed by atoms with E-state index in [0.717, 1.165) is 19.3 Å². The molecule has 84 valence electrons. The maximum atomic E-state index is 10.6. The Balaban J connectivity index is 3.26. The lowest BCUT2D eigenvalue weighted by Crippen LogP contribution is -2.15. The molecule has 1 atom stereocenters. The molecule has 0 aliphatic rings. The monoisotopic (exact) mass is 220 g/mol. The van der Waals surface area contributed by atoms with Gasteiger partial charge in [0, 0.05) is 0 Å². The molecule has 0 rings (SSSR count). The molecule has 0 fully saturated rings. The lowest BCUT2D eigenvalue weighted by molar-refractivity contribution is -0.148. The number of esters is 1. The third kappa shape index (κ3) is 8.38. The quantitative estimate of drug-likeness (QED) is 0.285. The minimum atomic E-state index is -0.599. The van der Waals surface area contributed by atoms with Gasteiger partial charge in [-0.3, -0.25) is 0 Å². The topological polar surface area (TPSA) is 46.5 Å². The van der Waals surface area contributed by atoms with Gasteiger partial charge in [-0.15, -0.1) is 12.6 Å². The summed E-state index contributed by atoms with van der Waals surface area (Å²) >= 11 is 4.09. The zero-order chi connectivity index (χ0) is 10.8. The summed E-state index contributed by atoms with van der Waals surface area (Å²) in [6.07, 6.45) is 6.65. The smallest absolute Gasteiger partial charge is 0.332 e. The fraction of sp³-hybridized carbons (Fsp3) is 0.900. The van der Waals surface area contributed by atoms with Gasteiger partial charge in [0.1, 0.15) is 12.0 Å². The van der Waals surface area contributed by atoms with Crippen molar-refractivity contribution < 1.29 is 14.6 Å². The molecule has 4 heteroatoms. The molecule has 3 nitrogen and oxygen atoms in total. The molecule has 0 aliphatic heterocycles. The third-order valence-electron chi connectivity index (χ3n) is 1.95. The molecule has 0 spiro atoms. The van der Waals surface area contributed by atoms with Crippen molar-refractivity contribution in [3.05, 3.63) is 0 Å². The molecule has 0 amide bonds. The van der Waals surface area contributed by atoms with Gasteiger partial charge in [0.15, 0.2) is 0 Å². The Morgan fingerprint density at radius 3 is 2.57 bits per heavy atom. The molecule has 1 unspecified atom stereocenters. The highest BCUT2D eigenvalue weighted by atomic mass is 32.1. The van der Waals surface area contributed by atoms with Crippen molar-refractivity contribution in [3.63, 3.8) is 0 Å². The SMILES string of the molecule is CCCCCCCC(S)OC(=O)CO. The van der Waals surface area contributed by atoms with Gasteiger partial charge in [0.2, 0.25) is 0 Å². The molecule has 0 saturated carbocycles. The van der Waals surface area contributed by atoms with Crippen molar-refractivity contribution >= 4 is 18.6 Å². The predicted octanol–water partition coefficient (Wildman–Crippen LogP) is 2.14. The molecule has 0 radical (unpaired) electrons. The maximum absolute atomic E-state index is 10.6. The summed E-state index contributed by atoms with van der Waals surface area (Å²) < 4.78 is 4.78. The summed E-state index contributed by atoms with van der Waals surface area (Å²) in [6.45, 7) is 1.61. The van der Waals surface area contributed by atoms with Crippen molar-refractivity contribution in [1.82, 2.24) is 0 Å². The lowest BCUT2D eigenvalue weighted by Gasteiger charge is -2.10. The molecule has 0 aromatic heterocycles. The Morgan fingerprint density at radius 1 is 1.36 bits per heavy atom. The zero-order valence-corrected chi connectivity index (χ0v) is 9.63. The van der Waals surface area contributed by atoms with E-state index in [9.17, 15) is 4.79 Å². The van der Waals surface area contributed by atoms with Crippen LogP contribution in [0.25, 0.3) is 0 Å². The largest absolute Gasteiger partial charge is 0.450 e. The number of hydrogen-bond donors (Lipinski definition) is 2. The number of thiol groups is 1. The lowest BCUT2D eigenvalue weighted by atomic mass is 10.1. The molecule has 1 N–H and O–H groups in total. The van der Waals surface area contributed by atoms with E-state index in [4.69, 9.17) is 9.84 Å². The predicted molar refractivity (Wildman–Crippen MR) is 59.3 cm³/mol. The van der Waals surface area contributed by atoms with Crippen LogP contribution in [0.1, 0.15) is 45.4 Å². The van der Waals surface area contributed by atoms with Crippen LogP contribution in [0, 0.1) is 0 Å². The number of unbranched alkanes of at least 4 members (excludes halogenated alkanes) is 4. The van der Waals surface area contributed by atoms with Crippen LogP contribution in [0.5, 0.6) is 0 Å². The normalized spacial score (nSPS) is 12.5. The van der Waals surface area contributed by atoms with Gasteiger partial charge in [-0.25, -0.2) is 4.79 Å². The first-order chi connectivity index (χ1) is 6.70. The van der Waals surface area contributed by atoms with E-state index in [-0.39, 0.29) is 5.44 Å². The molecule has 0 heterocycles. The molecule has 0 aliphatic carbocycles. The Kier molecular flexibility index (Phi) is 9.19. The zero-order valence-electron chi connectivity index (χ0n) is 8.74. The van der Waals surface area contributed by atoms with Crippen molar-refractivity contribution in [2.75, 3.05) is 6.61 Å². The van der Waals surface area contributed by atoms with E-state index in [1.165, 1.54) is 19.3 Å². The Hall–Kier alpha value is -0.220. The number of hydrogen-bond acceptors (Lipinski definition) is 4. The second-order valence-electron chi connectivity index (χ2n) is 3.31. The number of carbonyl (C=O) groups excluding carboxylic acids is 1. The van der Waals surface area contributed by atoms with Gasteiger partial charge < -0.3 is 9.84 Å². The van der Waals surface area contributed by atoms with Crippen LogP contribution in [0.3, 0.4) is 0 Å². The molecule has 14 heavy (non-hydrogen) atoms. The van der Waals surface area contributed by atoms with Gasteiger partial charge in [-0.05, 0) is 12.8 Å². The standard InChI is InChI=1S/C10H20O3S/c1-2-3-4-5-6-7-10(14)13-9(12)8-11/h10-11,14H,2-8H2,1H3. The molecular formula is C10H20O3S. The highest BCUT2D eigenvalue weighted by Crippen LogP contribution is 2.11. The van der Waals surface area contributed by atoms with Gasteiger partial charge in [-0.1, -0.05) is 32.6 Å². The summed E-state index contributed by atoms with van der Waals surface area (Å²) in [5.74, 6) is -0.599. The van der Waals surface area contributed by atoms with E-state index < -0.39 is 12.6 Å². The first-order valence-corrected chi connectivity index (χ1v) is 5.70.